The third kappa shape index (κ3) is 1.82. The van der Waals surface area contributed by atoms with Crippen molar-refractivity contribution in [3.8, 4) is 0 Å². The van der Waals surface area contributed by atoms with Crippen LogP contribution in [0.1, 0.15) is 52.1 Å². The van der Waals surface area contributed by atoms with E-state index in [4.69, 9.17) is 4.98 Å². The topological polar surface area (TPSA) is 41.6 Å². The summed E-state index contributed by atoms with van der Waals surface area (Å²) in [6.45, 7) is 10.8. The zero-order chi connectivity index (χ0) is 11.9. The monoisotopic (exact) mass is 217 g/mol. The highest BCUT2D eigenvalue weighted by Crippen LogP contribution is 2.26. The normalized spacial score (nSPS) is 12.6. The summed E-state index contributed by atoms with van der Waals surface area (Å²) < 4.78 is 0. The zero-order valence-corrected chi connectivity index (χ0v) is 10.6. The van der Waals surface area contributed by atoms with Gasteiger partial charge in [-0.2, -0.15) is 0 Å². The Morgan fingerprint density at radius 2 is 1.88 bits per heavy atom. The standard InChI is InChI=1S/C13H19N3/c1-8(2)10-11-9(6-7-14-11)15-12(16-10)13(3,4)5/h6-8,14H,1-5H3. The maximum Gasteiger partial charge on any atom is 0.134 e. The van der Waals surface area contributed by atoms with E-state index < -0.39 is 0 Å². The minimum Gasteiger partial charge on any atom is -0.358 e. The van der Waals surface area contributed by atoms with Crippen molar-refractivity contribution in [2.75, 3.05) is 0 Å². The Morgan fingerprint density at radius 3 is 2.44 bits per heavy atom. The van der Waals surface area contributed by atoms with E-state index >= 15 is 0 Å². The number of aromatic amines is 1. The molecule has 0 saturated carbocycles. The minimum atomic E-state index is -0.00486. The van der Waals surface area contributed by atoms with Crippen LogP contribution in [0.15, 0.2) is 12.3 Å². The van der Waals surface area contributed by atoms with Gasteiger partial charge in [-0.25, -0.2) is 9.97 Å². The van der Waals surface area contributed by atoms with Gasteiger partial charge in [-0.05, 0) is 12.0 Å². The van der Waals surface area contributed by atoms with Crippen molar-refractivity contribution in [3.05, 3.63) is 23.8 Å². The van der Waals surface area contributed by atoms with Crippen molar-refractivity contribution >= 4 is 11.0 Å². The Hall–Kier alpha value is -1.38. The Labute approximate surface area is 96.3 Å². The summed E-state index contributed by atoms with van der Waals surface area (Å²) in [5.74, 6) is 1.33. The fourth-order valence-corrected chi connectivity index (χ4v) is 1.72. The Kier molecular flexibility index (Phi) is 2.49. The second-order valence-corrected chi connectivity index (χ2v) is 5.58. The van der Waals surface area contributed by atoms with Gasteiger partial charge < -0.3 is 4.98 Å². The predicted octanol–water partition coefficient (Wildman–Crippen LogP) is 3.38. The first-order valence-corrected chi connectivity index (χ1v) is 5.75. The molecule has 3 heteroatoms. The van der Waals surface area contributed by atoms with Gasteiger partial charge in [0.1, 0.15) is 5.82 Å². The summed E-state index contributed by atoms with van der Waals surface area (Å²) in [6, 6.07) is 2.01. The lowest BCUT2D eigenvalue weighted by atomic mass is 9.95. The van der Waals surface area contributed by atoms with Crippen LogP contribution in [0.25, 0.3) is 11.0 Å². The molecule has 1 N–H and O–H groups in total. The van der Waals surface area contributed by atoms with E-state index in [-0.39, 0.29) is 5.41 Å². The quantitative estimate of drug-likeness (QED) is 0.795. The Bertz CT molecular complexity index is 503. The number of aromatic nitrogens is 3. The third-order valence-electron chi connectivity index (χ3n) is 2.65. The molecule has 0 aliphatic carbocycles. The molecular formula is C13H19N3. The van der Waals surface area contributed by atoms with Gasteiger partial charge in [0.2, 0.25) is 0 Å². The second kappa shape index (κ2) is 3.58. The third-order valence-corrected chi connectivity index (χ3v) is 2.65. The van der Waals surface area contributed by atoms with Gasteiger partial charge >= 0.3 is 0 Å². The van der Waals surface area contributed by atoms with Crippen molar-refractivity contribution < 1.29 is 0 Å². The highest BCUT2D eigenvalue weighted by Gasteiger charge is 2.20. The first-order valence-electron chi connectivity index (χ1n) is 5.75. The number of H-pyrrole nitrogens is 1. The smallest absolute Gasteiger partial charge is 0.134 e. The summed E-state index contributed by atoms with van der Waals surface area (Å²) in [5, 5.41) is 0. The summed E-state index contributed by atoms with van der Waals surface area (Å²) in [5.41, 5.74) is 3.20. The van der Waals surface area contributed by atoms with Crippen LogP contribution in [0.2, 0.25) is 0 Å². The van der Waals surface area contributed by atoms with Crippen molar-refractivity contribution in [1.29, 1.82) is 0 Å². The molecule has 0 unspecified atom stereocenters. The summed E-state index contributed by atoms with van der Waals surface area (Å²) in [4.78, 5) is 12.5. The van der Waals surface area contributed by atoms with E-state index in [0.717, 1.165) is 22.6 Å². The van der Waals surface area contributed by atoms with Gasteiger partial charge in [0.15, 0.2) is 0 Å². The highest BCUT2D eigenvalue weighted by atomic mass is 14.9. The highest BCUT2D eigenvalue weighted by molar-refractivity contribution is 5.77. The van der Waals surface area contributed by atoms with Crippen LogP contribution < -0.4 is 0 Å². The van der Waals surface area contributed by atoms with Crippen molar-refractivity contribution in [2.45, 2.75) is 46.0 Å². The average molecular weight is 217 g/mol. The first kappa shape index (κ1) is 11.1. The molecule has 2 aromatic rings. The molecule has 2 aromatic heterocycles. The lowest BCUT2D eigenvalue weighted by molar-refractivity contribution is 0.543. The van der Waals surface area contributed by atoms with Crippen LogP contribution in [0.4, 0.5) is 0 Å². The van der Waals surface area contributed by atoms with Crippen molar-refractivity contribution in [1.82, 2.24) is 15.0 Å². The fourth-order valence-electron chi connectivity index (χ4n) is 1.72. The number of nitrogens with one attached hydrogen (secondary N) is 1. The largest absolute Gasteiger partial charge is 0.358 e. The molecule has 0 atom stereocenters. The van der Waals surface area contributed by atoms with Crippen LogP contribution in [-0.2, 0) is 5.41 Å². The number of nitrogens with zero attached hydrogens (tertiary/aromatic N) is 2. The molecule has 0 fully saturated rings. The van der Waals surface area contributed by atoms with Gasteiger partial charge in [0, 0.05) is 11.6 Å². The van der Waals surface area contributed by atoms with E-state index in [9.17, 15) is 0 Å². The van der Waals surface area contributed by atoms with Gasteiger partial charge in [-0.3, -0.25) is 0 Å². The fraction of sp³-hybridized carbons (Fsp3) is 0.538. The average Bonchev–Trinajstić information content (AvgIpc) is 2.61. The lowest BCUT2D eigenvalue weighted by Crippen LogP contribution is -2.17. The van der Waals surface area contributed by atoms with Crippen LogP contribution in [0.3, 0.4) is 0 Å². The Balaban J connectivity index is 2.71. The van der Waals surface area contributed by atoms with Crippen LogP contribution in [-0.4, -0.2) is 15.0 Å². The molecule has 3 nitrogen and oxygen atoms in total. The molecule has 0 bridgehead atoms. The number of fused-ring (bicyclic) bond motifs is 1. The number of hydrogen-bond acceptors (Lipinski definition) is 2. The Morgan fingerprint density at radius 1 is 1.19 bits per heavy atom. The lowest BCUT2D eigenvalue weighted by Gasteiger charge is -2.18. The van der Waals surface area contributed by atoms with Crippen LogP contribution in [0.5, 0.6) is 0 Å². The molecule has 0 aliphatic heterocycles. The number of hydrogen-bond donors (Lipinski definition) is 1. The summed E-state index contributed by atoms with van der Waals surface area (Å²) in [7, 11) is 0. The molecule has 86 valence electrons. The molecule has 2 heterocycles. The molecule has 16 heavy (non-hydrogen) atoms. The van der Waals surface area contributed by atoms with E-state index in [2.05, 4.69) is 44.6 Å². The van der Waals surface area contributed by atoms with Crippen LogP contribution >= 0.6 is 0 Å². The van der Waals surface area contributed by atoms with Crippen molar-refractivity contribution in [2.24, 2.45) is 0 Å². The minimum absolute atomic E-state index is 0.00486. The molecule has 0 aromatic carbocycles. The van der Waals surface area contributed by atoms with E-state index in [1.165, 1.54) is 0 Å². The SMILES string of the molecule is CC(C)c1nc(C(C)(C)C)nc2cc[nH]c12. The van der Waals surface area contributed by atoms with Crippen molar-refractivity contribution in [3.63, 3.8) is 0 Å². The molecule has 2 rings (SSSR count). The van der Waals surface area contributed by atoms with Gasteiger partial charge in [-0.15, -0.1) is 0 Å². The van der Waals surface area contributed by atoms with Gasteiger partial charge in [-0.1, -0.05) is 34.6 Å². The van der Waals surface area contributed by atoms with E-state index in [1.807, 2.05) is 12.3 Å². The zero-order valence-electron chi connectivity index (χ0n) is 10.6. The maximum atomic E-state index is 4.70. The maximum absolute atomic E-state index is 4.70. The molecule has 0 saturated heterocycles. The number of rotatable bonds is 1. The molecule has 0 aliphatic rings. The predicted molar refractivity (Wildman–Crippen MR) is 66.7 cm³/mol. The second-order valence-electron chi connectivity index (χ2n) is 5.58. The van der Waals surface area contributed by atoms with E-state index in [1.54, 1.807) is 0 Å². The molecular weight excluding hydrogens is 198 g/mol. The first-order chi connectivity index (χ1) is 7.39. The molecule has 0 radical (unpaired) electrons. The van der Waals surface area contributed by atoms with Crippen LogP contribution in [0, 0.1) is 0 Å². The summed E-state index contributed by atoms with van der Waals surface area (Å²) >= 11 is 0. The van der Waals surface area contributed by atoms with Gasteiger partial charge in [0.25, 0.3) is 0 Å². The summed E-state index contributed by atoms with van der Waals surface area (Å²) in [6.07, 6.45) is 1.93. The van der Waals surface area contributed by atoms with E-state index in [0.29, 0.717) is 5.92 Å². The molecule has 0 amide bonds. The van der Waals surface area contributed by atoms with Gasteiger partial charge in [0.05, 0.1) is 16.7 Å². The molecule has 0 spiro atoms.